The van der Waals surface area contributed by atoms with Gasteiger partial charge in [0.25, 0.3) is 0 Å². The van der Waals surface area contributed by atoms with Crippen LogP contribution in [0.4, 0.5) is 0 Å². The first-order valence-electron chi connectivity index (χ1n) is 7.13. The summed E-state index contributed by atoms with van der Waals surface area (Å²) in [4.78, 5) is 25.3. The lowest BCUT2D eigenvalue weighted by atomic mass is 9.99. The first-order chi connectivity index (χ1) is 10.0. The Morgan fingerprint density at radius 1 is 1.38 bits per heavy atom. The van der Waals surface area contributed by atoms with Gasteiger partial charge < -0.3 is 14.7 Å². The Bertz CT molecular complexity index is 502. The average Bonchev–Trinajstić information content (AvgIpc) is 2.89. The smallest absolute Gasteiger partial charge is 0.305 e. The lowest BCUT2D eigenvalue weighted by Gasteiger charge is -2.26. The van der Waals surface area contributed by atoms with Gasteiger partial charge in [0.15, 0.2) is 0 Å². The van der Waals surface area contributed by atoms with Gasteiger partial charge in [0.1, 0.15) is 0 Å². The van der Waals surface area contributed by atoms with Crippen LogP contribution in [0.15, 0.2) is 30.3 Å². The van der Waals surface area contributed by atoms with Crippen molar-refractivity contribution >= 4 is 11.9 Å². The van der Waals surface area contributed by atoms with Crippen LogP contribution in [-0.2, 0) is 14.3 Å². The lowest BCUT2D eigenvalue weighted by molar-refractivity contribution is -0.140. The number of carbonyl (C=O) groups excluding carboxylic acids is 1. The normalized spacial score (nSPS) is 23.0. The molecule has 5 nitrogen and oxygen atoms in total. The molecule has 0 radical (unpaired) electrons. The molecule has 1 N–H and O–H groups in total. The standard InChI is InChI=1S/C16H21NO4/c1-11(12-6-4-3-5-7-12)16(20)17-10-14(21-2)8-13(17)9-15(18)19/h3-7,11,13-14H,8-10H2,1-2H3,(H,18,19)/t11-,13?,14?/m1/s1. The molecule has 0 saturated carbocycles. The highest BCUT2D eigenvalue weighted by Gasteiger charge is 2.38. The van der Waals surface area contributed by atoms with Crippen molar-refractivity contribution in [2.75, 3.05) is 13.7 Å². The number of hydrogen-bond acceptors (Lipinski definition) is 3. The van der Waals surface area contributed by atoms with E-state index in [1.807, 2.05) is 37.3 Å². The average molecular weight is 291 g/mol. The molecule has 2 rings (SSSR count). The van der Waals surface area contributed by atoms with Crippen molar-refractivity contribution in [2.45, 2.75) is 37.8 Å². The summed E-state index contributed by atoms with van der Waals surface area (Å²) >= 11 is 0. The summed E-state index contributed by atoms with van der Waals surface area (Å²) in [6.07, 6.45) is 0.463. The second-order valence-electron chi connectivity index (χ2n) is 5.47. The van der Waals surface area contributed by atoms with E-state index in [1.165, 1.54) is 0 Å². The van der Waals surface area contributed by atoms with E-state index in [0.29, 0.717) is 13.0 Å². The summed E-state index contributed by atoms with van der Waals surface area (Å²) in [5.41, 5.74) is 0.942. The van der Waals surface area contributed by atoms with E-state index >= 15 is 0 Å². The predicted molar refractivity (Wildman–Crippen MR) is 78.0 cm³/mol. The largest absolute Gasteiger partial charge is 0.481 e. The number of benzene rings is 1. The van der Waals surface area contributed by atoms with E-state index < -0.39 is 5.97 Å². The number of carbonyl (C=O) groups is 2. The van der Waals surface area contributed by atoms with Crippen molar-refractivity contribution in [1.82, 2.24) is 4.90 Å². The highest BCUT2D eigenvalue weighted by molar-refractivity contribution is 5.84. The third-order valence-electron chi connectivity index (χ3n) is 4.07. The van der Waals surface area contributed by atoms with Crippen molar-refractivity contribution in [2.24, 2.45) is 0 Å². The van der Waals surface area contributed by atoms with Gasteiger partial charge in [-0.2, -0.15) is 0 Å². The maximum Gasteiger partial charge on any atom is 0.305 e. The highest BCUT2D eigenvalue weighted by atomic mass is 16.5. The van der Waals surface area contributed by atoms with Crippen LogP contribution in [0.1, 0.15) is 31.2 Å². The monoisotopic (exact) mass is 291 g/mol. The number of nitrogens with zero attached hydrogens (tertiary/aromatic N) is 1. The number of likely N-dealkylation sites (tertiary alicyclic amines) is 1. The minimum absolute atomic E-state index is 0.0346. The number of carboxylic acids is 1. The molecule has 0 aromatic heterocycles. The lowest BCUT2D eigenvalue weighted by Crippen LogP contribution is -2.39. The van der Waals surface area contributed by atoms with Crippen molar-refractivity contribution in [1.29, 1.82) is 0 Å². The fourth-order valence-corrected chi connectivity index (χ4v) is 2.84. The van der Waals surface area contributed by atoms with Crippen LogP contribution in [0, 0.1) is 0 Å². The van der Waals surface area contributed by atoms with Crippen molar-refractivity contribution in [3.8, 4) is 0 Å². The molecule has 0 spiro atoms. The summed E-state index contributed by atoms with van der Waals surface area (Å²) in [6, 6.07) is 9.25. The summed E-state index contributed by atoms with van der Waals surface area (Å²) in [5, 5.41) is 9.01. The molecule has 114 valence electrons. The maximum atomic E-state index is 12.7. The van der Waals surface area contributed by atoms with Gasteiger partial charge in [-0.15, -0.1) is 0 Å². The molecule has 1 fully saturated rings. The van der Waals surface area contributed by atoms with Gasteiger partial charge in [-0.05, 0) is 18.9 Å². The topological polar surface area (TPSA) is 66.8 Å². The third kappa shape index (κ3) is 3.61. The summed E-state index contributed by atoms with van der Waals surface area (Å²) in [5.74, 6) is -1.20. The van der Waals surface area contributed by atoms with Crippen LogP contribution in [-0.4, -0.2) is 47.7 Å². The highest BCUT2D eigenvalue weighted by Crippen LogP contribution is 2.27. The first kappa shape index (κ1) is 15.5. The van der Waals surface area contributed by atoms with Gasteiger partial charge in [-0.1, -0.05) is 30.3 Å². The number of methoxy groups -OCH3 is 1. The molecule has 1 heterocycles. The van der Waals surface area contributed by atoms with E-state index in [-0.39, 0.29) is 30.4 Å². The van der Waals surface area contributed by atoms with E-state index in [0.717, 1.165) is 5.56 Å². The third-order valence-corrected chi connectivity index (χ3v) is 4.07. The Morgan fingerprint density at radius 2 is 2.05 bits per heavy atom. The molecule has 1 amide bonds. The minimum Gasteiger partial charge on any atom is -0.481 e. The van der Waals surface area contributed by atoms with E-state index in [1.54, 1.807) is 12.0 Å². The molecule has 5 heteroatoms. The molecule has 1 aliphatic heterocycles. The van der Waals surface area contributed by atoms with E-state index in [9.17, 15) is 9.59 Å². The quantitative estimate of drug-likeness (QED) is 0.899. The number of amides is 1. The van der Waals surface area contributed by atoms with Crippen LogP contribution in [0.2, 0.25) is 0 Å². The molecule has 21 heavy (non-hydrogen) atoms. The van der Waals surface area contributed by atoms with Gasteiger partial charge in [-0.25, -0.2) is 0 Å². The molecule has 1 aliphatic rings. The number of carboxylic acid groups (broad SMARTS) is 1. The zero-order valence-electron chi connectivity index (χ0n) is 12.4. The molecule has 0 bridgehead atoms. The number of aliphatic carboxylic acids is 1. The van der Waals surface area contributed by atoms with Crippen molar-refractivity contribution in [3.63, 3.8) is 0 Å². The Hall–Kier alpha value is -1.88. The first-order valence-corrected chi connectivity index (χ1v) is 7.13. The van der Waals surface area contributed by atoms with Crippen LogP contribution in [0.25, 0.3) is 0 Å². The Balaban J connectivity index is 2.13. The summed E-state index contributed by atoms with van der Waals surface area (Å²) in [6.45, 7) is 2.32. The summed E-state index contributed by atoms with van der Waals surface area (Å²) < 4.78 is 5.30. The Labute approximate surface area is 124 Å². The van der Waals surface area contributed by atoms with Gasteiger partial charge in [-0.3, -0.25) is 9.59 Å². The fraction of sp³-hybridized carbons (Fsp3) is 0.500. The second kappa shape index (κ2) is 6.72. The molecule has 1 aromatic rings. The molecule has 0 aliphatic carbocycles. The van der Waals surface area contributed by atoms with Gasteiger partial charge >= 0.3 is 5.97 Å². The maximum absolute atomic E-state index is 12.7. The Morgan fingerprint density at radius 3 is 2.62 bits per heavy atom. The number of hydrogen-bond donors (Lipinski definition) is 1. The molecule has 1 saturated heterocycles. The Kier molecular flexibility index (Phi) is 4.96. The van der Waals surface area contributed by atoms with Crippen molar-refractivity contribution in [3.05, 3.63) is 35.9 Å². The minimum atomic E-state index is -0.887. The fourth-order valence-electron chi connectivity index (χ4n) is 2.84. The zero-order chi connectivity index (χ0) is 15.4. The van der Waals surface area contributed by atoms with Gasteiger partial charge in [0, 0.05) is 19.7 Å². The second-order valence-corrected chi connectivity index (χ2v) is 5.47. The van der Waals surface area contributed by atoms with E-state index in [4.69, 9.17) is 9.84 Å². The van der Waals surface area contributed by atoms with Crippen LogP contribution in [0.5, 0.6) is 0 Å². The van der Waals surface area contributed by atoms with Crippen LogP contribution >= 0.6 is 0 Å². The molecular weight excluding hydrogens is 270 g/mol. The molecule has 3 atom stereocenters. The van der Waals surface area contributed by atoms with Crippen molar-refractivity contribution < 1.29 is 19.4 Å². The van der Waals surface area contributed by atoms with E-state index in [2.05, 4.69) is 0 Å². The number of rotatable bonds is 5. The van der Waals surface area contributed by atoms with Gasteiger partial charge in [0.05, 0.1) is 18.4 Å². The zero-order valence-corrected chi connectivity index (χ0v) is 12.4. The molecular formula is C16H21NO4. The predicted octanol–water partition coefficient (Wildman–Crippen LogP) is 1.88. The molecule has 1 aromatic carbocycles. The molecule has 2 unspecified atom stereocenters. The number of ether oxygens (including phenoxy) is 1. The van der Waals surface area contributed by atoms with Gasteiger partial charge in [0.2, 0.25) is 5.91 Å². The summed E-state index contributed by atoms with van der Waals surface area (Å²) in [7, 11) is 1.59. The van der Waals surface area contributed by atoms with Crippen LogP contribution in [0.3, 0.4) is 0 Å². The SMILES string of the molecule is COC1CC(CC(=O)O)N(C(=O)[C@H](C)c2ccccc2)C1. The van der Waals surface area contributed by atoms with Crippen LogP contribution < -0.4 is 0 Å².